The smallest absolute Gasteiger partial charge is 0.207 e. The van der Waals surface area contributed by atoms with Crippen molar-refractivity contribution < 1.29 is 8.42 Å². The number of hydrogen-bond donors (Lipinski definition) is 0. The first-order chi connectivity index (χ1) is 13.3. The van der Waals surface area contributed by atoms with Crippen molar-refractivity contribution in [3.63, 3.8) is 0 Å². The average molecular weight is 388 g/mol. The molecule has 0 aromatic heterocycles. The van der Waals surface area contributed by atoms with Crippen LogP contribution in [0.1, 0.15) is 37.8 Å². The largest absolute Gasteiger partial charge is 0.255 e. The minimum absolute atomic E-state index is 0.117. The number of benzene rings is 3. The summed E-state index contributed by atoms with van der Waals surface area (Å²) in [5.41, 5.74) is 5.36. The Morgan fingerprint density at radius 2 is 1.50 bits per heavy atom. The zero-order valence-electron chi connectivity index (χ0n) is 16.1. The van der Waals surface area contributed by atoms with Crippen LogP contribution >= 0.6 is 0 Å². The summed E-state index contributed by atoms with van der Waals surface area (Å²) in [4.78, 5) is 5.87. The maximum Gasteiger partial charge on any atom is 0.207 e. The van der Waals surface area contributed by atoms with Gasteiger partial charge >= 0.3 is 0 Å². The summed E-state index contributed by atoms with van der Waals surface area (Å²) in [7, 11) is -3.56. The quantitative estimate of drug-likeness (QED) is 0.532. The van der Waals surface area contributed by atoms with Crippen molar-refractivity contribution in [2.45, 2.75) is 36.5 Å². The molecule has 1 unspecified atom stereocenters. The van der Waals surface area contributed by atoms with E-state index in [9.17, 15) is 8.42 Å². The van der Waals surface area contributed by atoms with Crippen molar-refractivity contribution in [2.24, 2.45) is 10.4 Å². The van der Waals surface area contributed by atoms with Gasteiger partial charge in [-0.3, -0.25) is 4.99 Å². The van der Waals surface area contributed by atoms with Gasteiger partial charge in [0, 0.05) is 22.3 Å². The molecule has 0 amide bonds. The average Bonchev–Trinajstić information content (AvgIpc) is 3.08. The molecule has 2 aliphatic rings. The molecule has 3 nitrogen and oxygen atoms in total. The van der Waals surface area contributed by atoms with Crippen LogP contribution in [0.2, 0.25) is 0 Å². The molecule has 2 aliphatic heterocycles. The standard InChI is InChI=1S/C24H21NO2S/c1-24(2,3)23-20-17-11-7-8-12-18(17)28(26,27)19-14-13-16(22(25-23)21(19)20)15-9-5-4-6-10-15/h4-14,20H,1-3H3. The van der Waals surface area contributed by atoms with Crippen LogP contribution in [0.3, 0.4) is 0 Å². The molecule has 4 heteroatoms. The monoisotopic (exact) mass is 387 g/mol. The lowest BCUT2D eigenvalue weighted by molar-refractivity contribution is 0.569. The number of aliphatic imine (C=N–C) groups is 1. The lowest BCUT2D eigenvalue weighted by atomic mass is 9.77. The van der Waals surface area contributed by atoms with E-state index in [0.29, 0.717) is 9.79 Å². The molecule has 0 bridgehead atoms. The van der Waals surface area contributed by atoms with E-state index in [1.54, 1.807) is 18.2 Å². The molecule has 0 saturated heterocycles. The lowest BCUT2D eigenvalue weighted by Gasteiger charge is -2.31. The van der Waals surface area contributed by atoms with Gasteiger partial charge in [0.2, 0.25) is 9.84 Å². The first-order valence-corrected chi connectivity index (χ1v) is 10.9. The van der Waals surface area contributed by atoms with Crippen molar-refractivity contribution in [2.75, 3.05) is 0 Å². The Morgan fingerprint density at radius 3 is 2.21 bits per heavy atom. The second kappa shape index (κ2) is 5.65. The van der Waals surface area contributed by atoms with Crippen LogP contribution in [0, 0.1) is 5.41 Å². The van der Waals surface area contributed by atoms with Gasteiger partial charge in [0.15, 0.2) is 0 Å². The molecular formula is C24H21NO2S. The summed E-state index contributed by atoms with van der Waals surface area (Å²) in [6, 6.07) is 21.1. The van der Waals surface area contributed by atoms with Gasteiger partial charge in [0.1, 0.15) is 0 Å². The molecule has 3 aromatic rings. The van der Waals surface area contributed by atoms with Crippen molar-refractivity contribution >= 4 is 21.2 Å². The fourth-order valence-electron chi connectivity index (χ4n) is 4.38. The van der Waals surface area contributed by atoms with Gasteiger partial charge in [-0.15, -0.1) is 0 Å². The lowest BCUT2D eigenvalue weighted by Crippen LogP contribution is -2.29. The Balaban J connectivity index is 1.90. The van der Waals surface area contributed by atoms with E-state index in [4.69, 9.17) is 4.99 Å². The third kappa shape index (κ3) is 2.27. The van der Waals surface area contributed by atoms with Gasteiger partial charge in [0.25, 0.3) is 0 Å². The fourth-order valence-corrected chi connectivity index (χ4v) is 6.12. The van der Waals surface area contributed by atoms with Crippen LogP contribution in [-0.4, -0.2) is 14.1 Å². The van der Waals surface area contributed by atoms with Gasteiger partial charge in [-0.05, 0) is 23.3 Å². The predicted octanol–water partition coefficient (Wildman–Crippen LogP) is 5.76. The maximum atomic E-state index is 13.4. The van der Waals surface area contributed by atoms with Crippen LogP contribution in [0.5, 0.6) is 0 Å². The highest BCUT2D eigenvalue weighted by atomic mass is 32.2. The highest BCUT2D eigenvalue weighted by Gasteiger charge is 2.45. The van der Waals surface area contributed by atoms with E-state index < -0.39 is 9.84 Å². The van der Waals surface area contributed by atoms with E-state index in [0.717, 1.165) is 33.7 Å². The van der Waals surface area contributed by atoms with Gasteiger partial charge in [0.05, 0.1) is 21.4 Å². The Kier molecular flexibility index (Phi) is 3.50. The molecule has 3 aromatic carbocycles. The summed E-state index contributed by atoms with van der Waals surface area (Å²) >= 11 is 0. The van der Waals surface area contributed by atoms with Gasteiger partial charge in [-0.1, -0.05) is 75.4 Å². The highest BCUT2D eigenvalue weighted by Crippen LogP contribution is 2.55. The fraction of sp³-hybridized carbons (Fsp3) is 0.208. The van der Waals surface area contributed by atoms with Crippen molar-refractivity contribution in [1.82, 2.24) is 0 Å². The highest BCUT2D eigenvalue weighted by molar-refractivity contribution is 7.91. The summed E-state index contributed by atoms with van der Waals surface area (Å²) in [6.07, 6.45) is 0. The van der Waals surface area contributed by atoms with E-state index in [1.807, 2.05) is 48.5 Å². The van der Waals surface area contributed by atoms with Crippen LogP contribution < -0.4 is 0 Å². The SMILES string of the molecule is CC(C)(C)C1=Nc2c(-c3ccccc3)ccc3c2C1c1ccccc1S3(=O)=O. The van der Waals surface area contributed by atoms with Crippen LogP contribution in [0.25, 0.3) is 11.1 Å². The Labute approximate surface area is 165 Å². The van der Waals surface area contributed by atoms with Gasteiger partial charge in [-0.25, -0.2) is 8.42 Å². The summed E-state index contributed by atoms with van der Waals surface area (Å²) in [6.45, 7) is 6.43. The molecule has 5 rings (SSSR count). The summed E-state index contributed by atoms with van der Waals surface area (Å²) in [5, 5.41) is 0. The van der Waals surface area contributed by atoms with Crippen molar-refractivity contribution in [3.8, 4) is 11.1 Å². The molecule has 2 heterocycles. The van der Waals surface area contributed by atoms with Crippen LogP contribution in [-0.2, 0) is 9.84 Å². The molecule has 0 radical (unpaired) electrons. The van der Waals surface area contributed by atoms with Gasteiger partial charge in [-0.2, -0.15) is 0 Å². The van der Waals surface area contributed by atoms with Crippen LogP contribution in [0.15, 0.2) is 81.5 Å². The maximum absolute atomic E-state index is 13.4. The molecule has 0 N–H and O–H groups in total. The van der Waals surface area contributed by atoms with Crippen molar-refractivity contribution in [3.05, 3.63) is 77.9 Å². The Bertz CT molecular complexity index is 1250. The summed E-state index contributed by atoms with van der Waals surface area (Å²) < 4.78 is 26.7. The number of sulfone groups is 1. The number of nitrogens with zero attached hydrogens (tertiary/aromatic N) is 1. The Morgan fingerprint density at radius 1 is 0.821 bits per heavy atom. The van der Waals surface area contributed by atoms with Gasteiger partial charge < -0.3 is 0 Å². The number of rotatable bonds is 1. The molecule has 0 saturated carbocycles. The molecule has 0 spiro atoms. The minimum atomic E-state index is -3.56. The zero-order chi connectivity index (χ0) is 19.7. The van der Waals surface area contributed by atoms with E-state index in [2.05, 4.69) is 20.8 Å². The van der Waals surface area contributed by atoms with E-state index in [1.165, 1.54) is 0 Å². The third-order valence-electron chi connectivity index (χ3n) is 5.63. The zero-order valence-corrected chi connectivity index (χ0v) is 16.9. The van der Waals surface area contributed by atoms with E-state index in [-0.39, 0.29) is 11.3 Å². The summed E-state index contributed by atoms with van der Waals surface area (Å²) in [5.74, 6) is -0.117. The number of hydrogen-bond acceptors (Lipinski definition) is 3. The molecule has 28 heavy (non-hydrogen) atoms. The molecule has 0 fully saturated rings. The Hall–Kier alpha value is -2.72. The molecule has 140 valence electrons. The topological polar surface area (TPSA) is 46.5 Å². The van der Waals surface area contributed by atoms with Crippen LogP contribution in [0.4, 0.5) is 5.69 Å². The first kappa shape index (κ1) is 17.4. The number of fused-ring (bicyclic) bond motifs is 2. The molecular weight excluding hydrogens is 366 g/mol. The second-order valence-corrected chi connectivity index (χ2v) is 10.3. The first-order valence-electron chi connectivity index (χ1n) is 9.45. The molecule has 0 aliphatic carbocycles. The van der Waals surface area contributed by atoms with E-state index >= 15 is 0 Å². The second-order valence-electron chi connectivity index (χ2n) is 8.46. The predicted molar refractivity (Wildman–Crippen MR) is 112 cm³/mol. The normalized spacial score (nSPS) is 19.0. The third-order valence-corrected chi connectivity index (χ3v) is 7.52. The minimum Gasteiger partial charge on any atom is -0.255 e. The molecule has 1 atom stereocenters. The van der Waals surface area contributed by atoms with Crippen molar-refractivity contribution in [1.29, 1.82) is 0 Å².